The van der Waals surface area contributed by atoms with Gasteiger partial charge in [-0.3, -0.25) is 10.1 Å². The molecule has 1 aromatic carbocycles. The van der Waals surface area contributed by atoms with Crippen molar-refractivity contribution in [3.8, 4) is 0 Å². The van der Waals surface area contributed by atoms with Crippen LogP contribution in [0.25, 0.3) is 0 Å². The minimum atomic E-state index is -0.685. The fraction of sp³-hybridized carbons (Fsp3) is 0.154. The second-order valence-corrected chi connectivity index (χ2v) is 5.14. The molecular weight excluding hydrogens is 283 g/mol. The monoisotopic (exact) mass is 294 g/mol. The lowest BCUT2D eigenvalue weighted by molar-refractivity contribution is -0.119. The number of amides is 1. The summed E-state index contributed by atoms with van der Waals surface area (Å²) in [5.74, 6) is -1.61. The van der Waals surface area contributed by atoms with Crippen LogP contribution in [-0.2, 0) is 9.53 Å². The van der Waals surface area contributed by atoms with Crippen molar-refractivity contribution in [2.75, 3.05) is 11.9 Å². The summed E-state index contributed by atoms with van der Waals surface area (Å²) in [7, 11) is 0. The molecule has 0 aliphatic rings. The van der Waals surface area contributed by atoms with Crippen LogP contribution in [0, 0.1) is 12.7 Å². The molecule has 0 unspecified atom stereocenters. The first-order valence-electron chi connectivity index (χ1n) is 5.69. The third-order valence-corrected chi connectivity index (χ3v) is 3.11. The Hall–Kier alpha value is -2.28. The number of nitrogens with zero attached hydrogens (tertiary/aromatic N) is 1. The fourth-order valence-electron chi connectivity index (χ4n) is 1.37. The molecule has 2 rings (SSSR count). The number of hydrogen-bond acceptors (Lipinski definition) is 5. The molecule has 1 heterocycles. The van der Waals surface area contributed by atoms with Crippen molar-refractivity contribution in [2.24, 2.45) is 0 Å². The summed E-state index contributed by atoms with van der Waals surface area (Å²) in [4.78, 5) is 28.0. The molecule has 0 saturated carbocycles. The first kappa shape index (κ1) is 14.1. The highest BCUT2D eigenvalue weighted by atomic mass is 32.1. The molecule has 104 valence electrons. The number of ether oxygens (including phenoxy) is 1. The Kier molecular flexibility index (Phi) is 4.41. The Morgan fingerprint density at radius 1 is 1.35 bits per heavy atom. The second-order valence-electron chi connectivity index (χ2n) is 3.91. The molecule has 7 heteroatoms. The van der Waals surface area contributed by atoms with Crippen molar-refractivity contribution in [2.45, 2.75) is 6.92 Å². The summed E-state index contributed by atoms with van der Waals surface area (Å²) in [5.41, 5.74) is 0.185. The third kappa shape index (κ3) is 3.86. The van der Waals surface area contributed by atoms with Crippen LogP contribution >= 0.6 is 11.3 Å². The van der Waals surface area contributed by atoms with Crippen molar-refractivity contribution in [1.29, 1.82) is 0 Å². The van der Waals surface area contributed by atoms with Crippen molar-refractivity contribution in [3.63, 3.8) is 0 Å². The molecular formula is C13H11FN2O3S. The van der Waals surface area contributed by atoms with Gasteiger partial charge in [-0.2, -0.15) is 0 Å². The van der Waals surface area contributed by atoms with E-state index in [0.717, 1.165) is 17.0 Å². The van der Waals surface area contributed by atoms with E-state index in [1.807, 2.05) is 6.92 Å². The first-order chi connectivity index (χ1) is 9.54. The molecule has 5 nitrogen and oxygen atoms in total. The summed E-state index contributed by atoms with van der Waals surface area (Å²) in [6, 6.07) is 4.88. The fourth-order valence-corrected chi connectivity index (χ4v) is 2.05. The summed E-state index contributed by atoms with van der Waals surface area (Å²) in [6.45, 7) is 1.44. The second kappa shape index (κ2) is 6.25. The maximum atomic E-state index is 12.7. The maximum absolute atomic E-state index is 12.7. The lowest BCUT2D eigenvalue weighted by Crippen LogP contribution is -2.20. The molecule has 0 bridgehead atoms. The van der Waals surface area contributed by atoms with Crippen LogP contribution in [0.3, 0.4) is 0 Å². The van der Waals surface area contributed by atoms with Gasteiger partial charge in [0.05, 0.1) is 5.56 Å². The van der Waals surface area contributed by atoms with E-state index in [0.29, 0.717) is 5.13 Å². The van der Waals surface area contributed by atoms with Crippen molar-refractivity contribution < 1.29 is 18.7 Å². The number of carbonyl (C=O) groups is 2. The molecule has 0 aliphatic heterocycles. The van der Waals surface area contributed by atoms with E-state index in [1.165, 1.54) is 23.5 Å². The van der Waals surface area contributed by atoms with Gasteiger partial charge in [-0.25, -0.2) is 14.2 Å². The van der Waals surface area contributed by atoms with Gasteiger partial charge in [0.25, 0.3) is 5.91 Å². The molecule has 1 N–H and O–H groups in total. The predicted molar refractivity (Wildman–Crippen MR) is 72.2 cm³/mol. The number of aromatic nitrogens is 1. The van der Waals surface area contributed by atoms with Crippen molar-refractivity contribution in [3.05, 3.63) is 46.7 Å². The lowest BCUT2D eigenvalue weighted by atomic mass is 10.2. The zero-order valence-corrected chi connectivity index (χ0v) is 11.4. The van der Waals surface area contributed by atoms with Gasteiger partial charge in [0.1, 0.15) is 5.82 Å². The predicted octanol–water partition coefficient (Wildman–Crippen LogP) is 2.39. The van der Waals surface area contributed by atoms with Gasteiger partial charge in [-0.1, -0.05) is 0 Å². The topological polar surface area (TPSA) is 68.3 Å². The Labute approximate surface area is 118 Å². The molecule has 0 aliphatic carbocycles. The molecule has 1 amide bonds. The lowest BCUT2D eigenvalue weighted by Gasteiger charge is -2.04. The molecule has 20 heavy (non-hydrogen) atoms. The van der Waals surface area contributed by atoms with E-state index in [9.17, 15) is 14.0 Å². The Morgan fingerprint density at radius 3 is 2.65 bits per heavy atom. The van der Waals surface area contributed by atoms with Crippen LogP contribution in [0.4, 0.5) is 9.52 Å². The summed E-state index contributed by atoms with van der Waals surface area (Å²) in [6.07, 6.45) is 1.63. The normalized spacial score (nSPS) is 10.1. The number of hydrogen-bond donors (Lipinski definition) is 1. The molecule has 0 radical (unpaired) electrons. The number of anilines is 1. The number of benzene rings is 1. The maximum Gasteiger partial charge on any atom is 0.338 e. The van der Waals surface area contributed by atoms with E-state index in [2.05, 4.69) is 10.3 Å². The van der Waals surface area contributed by atoms with E-state index < -0.39 is 24.3 Å². The van der Waals surface area contributed by atoms with Gasteiger partial charge < -0.3 is 4.74 Å². The highest BCUT2D eigenvalue weighted by molar-refractivity contribution is 7.15. The van der Waals surface area contributed by atoms with Crippen LogP contribution in [0.5, 0.6) is 0 Å². The third-order valence-electron chi connectivity index (χ3n) is 2.28. The number of aryl methyl sites for hydroxylation is 1. The summed E-state index contributed by atoms with van der Waals surface area (Å²) in [5, 5.41) is 2.96. The zero-order chi connectivity index (χ0) is 14.5. The minimum Gasteiger partial charge on any atom is -0.452 e. The molecule has 0 saturated heterocycles. The van der Waals surface area contributed by atoms with Gasteiger partial charge in [-0.05, 0) is 31.2 Å². The highest BCUT2D eigenvalue weighted by Crippen LogP contribution is 2.16. The van der Waals surface area contributed by atoms with Crippen LogP contribution in [-0.4, -0.2) is 23.5 Å². The summed E-state index contributed by atoms with van der Waals surface area (Å²) >= 11 is 1.32. The molecule has 2 aromatic rings. The van der Waals surface area contributed by atoms with E-state index in [-0.39, 0.29) is 5.56 Å². The Morgan fingerprint density at radius 2 is 2.05 bits per heavy atom. The number of thiazole rings is 1. The zero-order valence-electron chi connectivity index (χ0n) is 10.6. The smallest absolute Gasteiger partial charge is 0.338 e. The molecule has 0 atom stereocenters. The van der Waals surface area contributed by atoms with Gasteiger partial charge in [0.2, 0.25) is 0 Å². The van der Waals surface area contributed by atoms with E-state index in [4.69, 9.17) is 4.74 Å². The Balaban J connectivity index is 1.84. The largest absolute Gasteiger partial charge is 0.452 e. The van der Waals surface area contributed by atoms with Gasteiger partial charge >= 0.3 is 5.97 Å². The SMILES string of the molecule is Cc1cnc(NC(=O)COC(=O)c2ccc(F)cc2)s1. The number of rotatable bonds is 4. The van der Waals surface area contributed by atoms with Crippen LogP contribution < -0.4 is 5.32 Å². The number of carbonyl (C=O) groups excluding carboxylic acids is 2. The van der Waals surface area contributed by atoms with Gasteiger partial charge in [0, 0.05) is 11.1 Å². The average Bonchev–Trinajstić information content (AvgIpc) is 2.82. The quantitative estimate of drug-likeness (QED) is 0.879. The number of nitrogens with one attached hydrogen (secondary N) is 1. The van der Waals surface area contributed by atoms with Crippen LogP contribution in [0.15, 0.2) is 30.5 Å². The standard InChI is InChI=1S/C13H11FN2O3S/c1-8-6-15-13(20-8)16-11(17)7-19-12(18)9-2-4-10(14)5-3-9/h2-6H,7H2,1H3,(H,15,16,17). The van der Waals surface area contributed by atoms with Gasteiger partial charge in [-0.15, -0.1) is 11.3 Å². The highest BCUT2D eigenvalue weighted by Gasteiger charge is 2.11. The van der Waals surface area contributed by atoms with Crippen LogP contribution in [0.2, 0.25) is 0 Å². The van der Waals surface area contributed by atoms with E-state index in [1.54, 1.807) is 6.20 Å². The average molecular weight is 294 g/mol. The van der Waals surface area contributed by atoms with E-state index >= 15 is 0 Å². The molecule has 0 fully saturated rings. The van der Waals surface area contributed by atoms with Crippen LogP contribution in [0.1, 0.15) is 15.2 Å². The first-order valence-corrected chi connectivity index (χ1v) is 6.51. The number of esters is 1. The molecule has 0 spiro atoms. The summed E-state index contributed by atoms with van der Waals surface area (Å²) < 4.78 is 17.5. The number of halogens is 1. The minimum absolute atomic E-state index is 0.185. The van der Waals surface area contributed by atoms with Crippen molar-refractivity contribution >= 4 is 28.3 Å². The van der Waals surface area contributed by atoms with Gasteiger partial charge in [0.15, 0.2) is 11.7 Å². The molecule has 1 aromatic heterocycles. The Bertz CT molecular complexity index is 625. The van der Waals surface area contributed by atoms with Crippen molar-refractivity contribution in [1.82, 2.24) is 4.98 Å².